The molecular weight excluding hydrogens is 212 g/mol. The van der Waals surface area contributed by atoms with Gasteiger partial charge >= 0.3 is 0 Å². The molecule has 0 fully saturated rings. The predicted octanol–water partition coefficient (Wildman–Crippen LogP) is 2.04. The lowest BCUT2D eigenvalue weighted by Gasteiger charge is -2.05. The maximum Gasteiger partial charge on any atom is 0.0900 e. The van der Waals surface area contributed by atoms with E-state index in [1.807, 2.05) is 12.4 Å². The minimum Gasteiger partial charge on any atom is -0.313 e. The number of hydrogen-bond donors (Lipinski definition) is 1. The van der Waals surface area contributed by atoms with Gasteiger partial charge in [-0.1, -0.05) is 6.92 Å². The van der Waals surface area contributed by atoms with Gasteiger partial charge in [-0.3, -0.25) is 15.0 Å². The van der Waals surface area contributed by atoms with Crippen molar-refractivity contribution in [3.63, 3.8) is 0 Å². The highest BCUT2D eigenvalue weighted by atomic mass is 14.8. The average molecular weight is 228 g/mol. The van der Waals surface area contributed by atoms with Crippen molar-refractivity contribution < 1.29 is 0 Å². The summed E-state index contributed by atoms with van der Waals surface area (Å²) in [5.41, 5.74) is 3.04. The number of nitrogens with one attached hydrogen (secondary N) is 1. The minimum absolute atomic E-state index is 0.842. The highest BCUT2D eigenvalue weighted by molar-refractivity contribution is 5.57. The Hall–Kier alpha value is -1.81. The maximum atomic E-state index is 4.26. The topological polar surface area (TPSA) is 50.7 Å². The first-order chi connectivity index (χ1) is 8.40. The van der Waals surface area contributed by atoms with Gasteiger partial charge in [-0.25, -0.2) is 0 Å². The molecule has 2 rings (SSSR count). The minimum atomic E-state index is 0.842. The van der Waals surface area contributed by atoms with Crippen molar-refractivity contribution in [2.24, 2.45) is 0 Å². The monoisotopic (exact) mass is 228 g/mol. The highest BCUT2D eigenvalue weighted by Gasteiger charge is 2.00. The van der Waals surface area contributed by atoms with Gasteiger partial charge in [-0.2, -0.15) is 0 Å². The Bertz CT molecular complexity index is 456. The molecule has 0 atom stereocenters. The average Bonchev–Trinajstić information content (AvgIpc) is 2.41. The van der Waals surface area contributed by atoms with Crippen LogP contribution in [-0.2, 0) is 6.54 Å². The van der Waals surface area contributed by atoms with Gasteiger partial charge in [0.2, 0.25) is 0 Å². The van der Waals surface area contributed by atoms with Crippen molar-refractivity contribution in [1.82, 2.24) is 20.3 Å². The fourth-order valence-electron chi connectivity index (χ4n) is 1.58. The SMILES string of the molecule is CCCNCc1cncc(-c2cnccn2)c1. The number of aromatic nitrogens is 3. The van der Waals surface area contributed by atoms with Crippen LogP contribution in [0.15, 0.2) is 37.1 Å². The van der Waals surface area contributed by atoms with Gasteiger partial charge < -0.3 is 5.32 Å². The third kappa shape index (κ3) is 3.32. The molecule has 0 aliphatic rings. The van der Waals surface area contributed by atoms with Crippen molar-refractivity contribution in [2.45, 2.75) is 19.9 Å². The molecule has 0 unspecified atom stereocenters. The van der Waals surface area contributed by atoms with E-state index in [1.165, 1.54) is 5.56 Å². The van der Waals surface area contributed by atoms with Gasteiger partial charge in [-0.05, 0) is 24.6 Å². The Balaban J connectivity index is 2.12. The second-order valence-corrected chi connectivity index (χ2v) is 3.85. The lowest BCUT2D eigenvalue weighted by Crippen LogP contribution is -2.13. The normalized spacial score (nSPS) is 10.4. The lowest BCUT2D eigenvalue weighted by atomic mass is 10.1. The van der Waals surface area contributed by atoms with E-state index in [4.69, 9.17) is 0 Å². The molecule has 4 heteroatoms. The molecule has 4 nitrogen and oxygen atoms in total. The van der Waals surface area contributed by atoms with E-state index in [9.17, 15) is 0 Å². The molecule has 2 aromatic rings. The zero-order chi connectivity index (χ0) is 11.9. The molecule has 2 aromatic heterocycles. The van der Waals surface area contributed by atoms with E-state index in [2.05, 4.69) is 33.3 Å². The summed E-state index contributed by atoms with van der Waals surface area (Å²) in [5, 5.41) is 3.35. The van der Waals surface area contributed by atoms with Crippen LogP contribution >= 0.6 is 0 Å². The molecule has 0 amide bonds. The lowest BCUT2D eigenvalue weighted by molar-refractivity contribution is 0.674. The highest BCUT2D eigenvalue weighted by Crippen LogP contribution is 2.15. The molecule has 0 bridgehead atoms. The molecule has 88 valence electrons. The van der Waals surface area contributed by atoms with Gasteiger partial charge in [0, 0.05) is 36.9 Å². The van der Waals surface area contributed by atoms with E-state index < -0.39 is 0 Å². The quantitative estimate of drug-likeness (QED) is 0.796. The van der Waals surface area contributed by atoms with Crippen LogP contribution in [0.2, 0.25) is 0 Å². The summed E-state index contributed by atoms with van der Waals surface area (Å²) in [6.45, 7) is 4.02. The van der Waals surface area contributed by atoms with Gasteiger partial charge in [0.05, 0.1) is 11.9 Å². The Morgan fingerprint density at radius 3 is 2.82 bits per heavy atom. The summed E-state index contributed by atoms with van der Waals surface area (Å²) in [6, 6.07) is 2.10. The second kappa shape index (κ2) is 6.06. The van der Waals surface area contributed by atoms with E-state index in [0.717, 1.165) is 30.8 Å². The third-order valence-corrected chi connectivity index (χ3v) is 2.41. The molecule has 0 aliphatic heterocycles. The first kappa shape index (κ1) is 11.7. The molecule has 0 saturated heterocycles. The van der Waals surface area contributed by atoms with E-state index in [1.54, 1.807) is 18.6 Å². The summed E-state index contributed by atoms with van der Waals surface area (Å²) < 4.78 is 0. The molecule has 0 aromatic carbocycles. The smallest absolute Gasteiger partial charge is 0.0900 e. The summed E-state index contributed by atoms with van der Waals surface area (Å²) in [4.78, 5) is 12.6. The van der Waals surface area contributed by atoms with Crippen molar-refractivity contribution in [3.05, 3.63) is 42.6 Å². The Morgan fingerprint density at radius 1 is 1.12 bits per heavy atom. The zero-order valence-electron chi connectivity index (χ0n) is 9.93. The largest absolute Gasteiger partial charge is 0.313 e. The molecule has 2 heterocycles. The molecule has 0 spiro atoms. The van der Waals surface area contributed by atoms with E-state index in [-0.39, 0.29) is 0 Å². The summed E-state index contributed by atoms with van der Waals surface area (Å²) in [7, 11) is 0. The van der Waals surface area contributed by atoms with Crippen molar-refractivity contribution in [3.8, 4) is 11.3 Å². The predicted molar refractivity (Wildman–Crippen MR) is 67.3 cm³/mol. The molecule has 17 heavy (non-hydrogen) atoms. The van der Waals surface area contributed by atoms with Crippen LogP contribution in [0.3, 0.4) is 0 Å². The van der Waals surface area contributed by atoms with Crippen LogP contribution in [0, 0.1) is 0 Å². The number of nitrogens with zero attached hydrogens (tertiary/aromatic N) is 3. The Labute approximate surface area is 101 Å². The fourth-order valence-corrected chi connectivity index (χ4v) is 1.58. The molecule has 0 saturated carbocycles. The summed E-state index contributed by atoms with van der Waals surface area (Å²) in [5.74, 6) is 0. The van der Waals surface area contributed by atoms with Gasteiger partial charge in [0.1, 0.15) is 0 Å². The van der Waals surface area contributed by atoms with Crippen molar-refractivity contribution in [2.75, 3.05) is 6.54 Å². The molecule has 0 radical (unpaired) electrons. The number of pyridine rings is 1. The van der Waals surface area contributed by atoms with Crippen LogP contribution < -0.4 is 5.32 Å². The second-order valence-electron chi connectivity index (χ2n) is 3.85. The van der Waals surface area contributed by atoms with Crippen LogP contribution in [0.1, 0.15) is 18.9 Å². The van der Waals surface area contributed by atoms with E-state index in [0.29, 0.717) is 0 Å². The zero-order valence-corrected chi connectivity index (χ0v) is 9.93. The van der Waals surface area contributed by atoms with Crippen molar-refractivity contribution in [1.29, 1.82) is 0 Å². The summed E-state index contributed by atoms with van der Waals surface area (Å²) in [6.07, 6.45) is 9.94. The number of hydrogen-bond acceptors (Lipinski definition) is 4. The molecule has 1 N–H and O–H groups in total. The van der Waals surface area contributed by atoms with Crippen LogP contribution in [0.4, 0.5) is 0 Å². The van der Waals surface area contributed by atoms with Crippen LogP contribution in [0.5, 0.6) is 0 Å². The van der Waals surface area contributed by atoms with Crippen LogP contribution in [-0.4, -0.2) is 21.5 Å². The standard InChI is InChI=1S/C13H16N4/c1-2-3-14-7-11-6-12(9-16-8-11)13-10-15-4-5-17-13/h4-6,8-10,14H,2-3,7H2,1H3. The summed E-state index contributed by atoms with van der Waals surface area (Å²) >= 11 is 0. The molecule has 0 aliphatic carbocycles. The molecular formula is C13H16N4. The van der Waals surface area contributed by atoms with Gasteiger partial charge in [-0.15, -0.1) is 0 Å². The van der Waals surface area contributed by atoms with Crippen molar-refractivity contribution >= 4 is 0 Å². The number of rotatable bonds is 5. The van der Waals surface area contributed by atoms with Crippen LogP contribution in [0.25, 0.3) is 11.3 Å². The van der Waals surface area contributed by atoms with E-state index >= 15 is 0 Å². The first-order valence-electron chi connectivity index (χ1n) is 5.81. The van der Waals surface area contributed by atoms with Gasteiger partial charge in [0.15, 0.2) is 0 Å². The first-order valence-corrected chi connectivity index (χ1v) is 5.81. The Morgan fingerprint density at radius 2 is 2.06 bits per heavy atom. The third-order valence-electron chi connectivity index (χ3n) is 2.41. The maximum absolute atomic E-state index is 4.26. The van der Waals surface area contributed by atoms with Gasteiger partial charge in [0.25, 0.3) is 0 Å². The fraction of sp³-hybridized carbons (Fsp3) is 0.308. The Kier molecular flexibility index (Phi) is 4.16.